The molecule has 1 fully saturated rings. The molecule has 1 saturated heterocycles. The second-order valence-electron chi connectivity index (χ2n) is 6.30. The molecule has 4 nitrogen and oxygen atoms in total. The normalized spacial score (nSPS) is 17.0. The maximum Gasteiger partial charge on any atom is 0.0966 e. The Kier molecular flexibility index (Phi) is 5.83. The maximum atomic E-state index is 5.97. The molecule has 1 unspecified atom stereocenters. The predicted molar refractivity (Wildman–Crippen MR) is 98.4 cm³/mol. The monoisotopic (exact) mass is 325 g/mol. The van der Waals surface area contributed by atoms with E-state index in [9.17, 15) is 0 Å². The molecule has 1 aromatic carbocycles. The molecular formula is C20H27N3O. The number of ether oxygens (including phenoxy) is 1. The van der Waals surface area contributed by atoms with Gasteiger partial charge in [-0.15, -0.1) is 0 Å². The summed E-state index contributed by atoms with van der Waals surface area (Å²) in [5.74, 6) is 0. The van der Waals surface area contributed by atoms with E-state index in [-0.39, 0.29) is 6.10 Å². The van der Waals surface area contributed by atoms with Crippen molar-refractivity contribution in [2.45, 2.75) is 20.0 Å². The zero-order chi connectivity index (χ0) is 16.8. The van der Waals surface area contributed by atoms with E-state index in [1.165, 1.54) is 16.8 Å². The van der Waals surface area contributed by atoms with Gasteiger partial charge in [0, 0.05) is 63.0 Å². The molecule has 2 heterocycles. The van der Waals surface area contributed by atoms with Gasteiger partial charge >= 0.3 is 0 Å². The van der Waals surface area contributed by atoms with Crippen LogP contribution in [0.3, 0.4) is 0 Å². The lowest BCUT2D eigenvalue weighted by Crippen LogP contribution is -2.48. The minimum absolute atomic E-state index is 0.105. The molecule has 3 rings (SSSR count). The van der Waals surface area contributed by atoms with E-state index in [2.05, 4.69) is 59.0 Å². The quantitative estimate of drug-likeness (QED) is 0.815. The summed E-state index contributed by atoms with van der Waals surface area (Å²) >= 11 is 0. The van der Waals surface area contributed by atoms with Gasteiger partial charge in [-0.2, -0.15) is 0 Å². The van der Waals surface area contributed by atoms with E-state index in [1.807, 2.05) is 18.5 Å². The summed E-state index contributed by atoms with van der Waals surface area (Å²) in [5.41, 5.74) is 3.89. The maximum absolute atomic E-state index is 5.97. The molecule has 0 amide bonds. The molecule has 0 N–H and O–H groups in total. The molecule has 4 heteroatoms. The summed E-state index contributed by atoms with van der Waals surface area (Å²) < 4.78 is 5.97. The Balaban J connectivity index is 1.59. The van der Waals surface area contributed by atoms with Crippen LogP contribution in [-0.4, -0.2) is 49.2 Å². The van der Waals surface area contributed by atoms with E-state index < -0.39 is 0 Å². The Hall–Kier alpha value is -1.91. The number of aromatic nitrogens is 1. The first kappa shape index (κ1) is 16.9. The number of para-hydroxylation sites is 1. The lowest BCUT2D eigenvalue weighted by atomic mass is 10.1. The zero-order valence-corrected chi connectivity index (χ0v) is 14.7. The Labute approximate surface area is 145 Å². The van der Waals surface area contributed by atoms with Crippen molar-refractivity contribution in [2.75, 3.05) is 44.2 Å². The van der Waals surface area contributed by atoms with Crippen LogP contribution in [0, 0.1) is 6.92 Å². The molecule has 1 atom stereocenters. The summed E-state index contributed by atoms with van der Waals surface area (Å²) in [4.78, 5) is 9.23. The minimum atomic E-state index is 0.105. The first-order valence-electron chi connectivity index (χ1n) is 8.82. The lowest BCUT2D eigenvalue weighted by Gasteiger charge is -2.38. The van der Waals surface area contributed by atoms with Gasteiger partial charge in [0.2, 0.25) is 0 Å². The number of nitrogens with zero attached hydrogens (tertiary/aromatic N) is 3. The van der Waals surface area contributed by atoms with Gasteiger partial charge in [-0.1, -0.05) is 24.3 Å². The molecule has 1 aliphatic heterocycles. The van der Waals surface area contributed by atoms with Crippen molar-refractivity contribution in [1.29, 1.82) is 0 Å². The zero-order valence-electron chi connectivity index (χ0n) is 14.7. The van der Waals surface area contributed by atoms with E-state index in [4.69, 9.17) is 4.74 Å². The molecule has 1 aromatic heterocycles. The van der Waals surface area contributed by atoms with Gasteiger partial charge in [0.1, 0.15) is 0 Å². The van der Waals surface area contributed by atoms with Crippen LogP contribution in [-0.2, 0) is 4.74 Å². The Morgan fingerprint density at radius 3 is 2.54 bits per heavy atom. The summed E-state index contributed by atoms with van der Waals surface area (Å²) in [5, 5.41) is 0. The average molecular weight is 325 g/mol. The van der Waals surface area contributed by atoms with Crippen molar-refractivity contribution < 1.29 is 4.74 Å². The fourth-order valence-corrected chi connectivity index (χ4v) is 3.35. The van der Waals surface area contributed by atoms with Crippen molar-refractivity contribution in [3.05, 3.63) is 59.9 Å². The minimum Gasteiger partial charge on any atom is -0.372 e. The summed E-state index contributed by atoms with van der Waals surface area (Å²) in [6.07, 6.45) is 3.84. The van der Waals surface area contributed by atoms with E-state index in [0.29, 0.717) is 0 Å². The SMILES string of the molecule is CCOC(CN1CCN(c2ccccc2C)CC1)c1cccnc1. The third kappa shape index (κ3) is 4.13. The predicted octanol–water partition coefficient (Wildman–Crippen LogP) is 3.29. The fourth-order valence-electron chi connectivity index (χ4n) is 3.35. The highest BCUT2D eigenvalue weighted by atomic mass is 16.5. The second kappa shape index (κ2) is 8.27. The standard InChI is InChI=1S/C20H27N3O/c1-3-24-20(18-8-6-10-21-15-18)16-22-11-13-23(14-12-22)19-9-5-4-7-17(19)2/h4-10,15,20H,3,11-14,16H2,1-2H3. The van der Waals surface area contributed by atoms with Crippen LogP contribution in [0.5, 0.6) is 0 Å². The molecule has 128 valence electrons. The van der Waals surface area contributed by atoms with Crippen molar-refractivity contribution in [1.82, 2.24) is 9.88 Å². The topological polar surface area (TPSA) is 28.6 Å². The number of hydrogen-bond acceptors (Lipinski definition) is 4. The van der Waals surface area contributed by atoms with Crippen molar-refractivity contribution in [2.24, 2.45) is 0 Å². The number of piperazine rings is 1. The number of anilines is 1. The van der Waals surface area contributed by atoms with Gasteiger partial charge in [-0.25, -0.2) is 0 Å². The first-order valence-corrected chi connectivity index (χ1v) is 8.82. The Morgan fingerprint density at radius 2 is 1.88 bits per heavy atom. The molecule has 1 aliphatic rings. The van der Waals surface area contributed by atoms with Crippen molar-refractivity contribution in [3.8, 4) is 0 Å². The summed E-state index contributed by atoms with van der Waals surface area (Å²) in [7, 11) is 0. The van der Waals surface area contributed by atoms with Gasteiger partial charge in [0.15, 0.2) is 0 Å². The van der Waals surface area contributed by atoms with Gasteiger partial charge in [-0.3, -0.25) is 9.88 Å². The number of benzene rings is 1. The lowest BCUT2D eigenvalue weighted by molar-refractivity contribution is 0.0309. The first-order chi connectivity index (χ1) is 11.8. The number of aryl methyl sites for hydroxylation is 1. The third-order valence-electron chi connectivity index (χ3n) is 4.68. The van der Waals surface area contributed by atoms with Crippen molar-refractivity contribution in [3.63, 3.8) is 0 Å². The van der Waals surface area contributed by atoms with Crippen LogP contribution in [0.2, 0.25) is 0 Å². The van der Waals surface area contributed by atoms with Crippen LogP contribution in [0.4, 0.5) is 5.69 Å². The molecule has 0 radical (unpaired) electrons. The smallest absolute Gasteiger partial charge is 0.0966 e. The third-order valence-corrected chi connectivity index (χ3v) is 4.68. The Morgan fingerprint density at radius 1 is 1.08 bits per heavy atom. The largest absolute Gasteiger partial charge is 0.372 e. The van der Waals surface area contributed by atoms with Crippen LogP contribution in [0.25, 0.3) is 0 Å². The fraction of sp³-hybridized carbons (Fsp3) is 0.450. The highest BCUT2D eigenvalue weighted by Crippen LogP contribution is 2.23. The van der Waals surface area contributed by atoms with Crippen LogP contribution in [0.1, 0.15) is 24.2 Å². The van der Waals surface area contributed by atoms with E-state index in [0.717, 1.165) is 39.3 Å². The molecule has 24 heavy (non-hydrogen) atoms. The summed E-state index contributed by atoms with van der Waals surface area (Å²) in [6.45, 7) is 10.2. The number of hydrogen-bond donors (Lipinski definition) is 0. The van der Waals surface area contributed by atoms with Gasteiger partial charge in [-0.05, 0) is 31.5 Å². The molecule has 0 saturated carbocycles. The van der Waals surface area contributed by atoms with E-state index >= 15 is 0 Å². The highest BCUT2D eigenvalue weighted by molar-refractivity contribution is 5.53. The Bertz CT molecular complexity index is 624. The average Bonchev–Trinajstić information content (AvgIpc) is 2.63. The summed E-state index contributed by atoms with van der Waals surface area (Å²) in [6, 6.07) is 12.7. The van der Waals surface area contributed by atoms with Gasteiger partial charge in [0.25, 0.3) is 0 Å². The molecule has 2 aromatic rings. The van der Waals surface area contributed by atoms with Crippen LogP contribution < -0.4 is 4.90 Å². The van der Waals surface area contributed by atoms with Gasteiger partial charge < -0.3 is 9.64 Å². The van der Waals surface area contributed by atoms with E-state index in [1.54, 1.807) is 0 Å². The highest BCUT2D eigenvalue weighted by Gasteiger charge is 2.22. The van der Waals surface area contributed by atoms with Crippen LogP contribution in [0.15, 0.2) is 48.8 Å². The second-order valence-corrected chi connectivity index (χ2v) is 6.30. The van der Waals surface area contributed by atoms with Crippen molar-refractivity contribution >= 4 is 5.69 Å². The number of pyridine rings is 1. The molecular weight excluding hydrogens is 298 g/mol. The molecule has 0 aliphatic carbocycles. The molecule has 0 spiro atoms. The molecule has 0 bridgehead atoms. The number of rotatable bonds is 6. The van der Waals surface area contributed by atoms with Crippen LogP contribution >= 0.6 is 0 Å². The van der Waals surface area contributed by atoms with Gasteiger partial charge in [0.05, 0.1) is 6.10 Å².